The van der Waals surface area contributed by atoms with Crippen LogP contribution in [0.25, 0.3) is 5.76 Å². The Kier molecular flexibility index (Phi) is 6.36. The molecule has 0 bridgehead atoms. The molecule has 0 radical (unpaired) electrons. The molecule has 0 spiro atoms. The number of aryl methyl sites for hydroxylation is 3. The number of benzene rings is 2. The van der Waals surface area contributed by atoms with E-state index in [1.807, 2.05) is 13.0 Å². The van der Waals surface area contributed by atoms with Gasteiger partial charge < -0.3 is 26.2 Å². The zero-order chi connectivity index (χ0) is 27.5. The summed E-state index contributed by atoms with van der Waals surface area (Å²) in [6, 6.07) is 10.9. The molecule has 1 saturated carbocycles. The first-order valence-electron chi connectivity index (χ1n) is 12.9. The fourth-order valence-corrected chi connectivity index (χ4v) is 6.67. The van der Waals surface area contributed by atoms with Gasteiger partial charge in [-0.25, -0.2) is 0 Å². The predicted octanol–water partition coefficient (Wildman–Crippen LogP) is 2.88. The Labute approximate surface area is 221 Å². The molecule has 1 amide bonds. The Balaban J connectivity index is 1.56. The second-order valence-corrected chi connectivity index (χ2v) is 11.2. The molecule has 3 aliphatic rings. The molecular formula is C30H34N2O6. The zero-order valence-electron chi connectivity index (χ0n) is 21.9. The number of hydrogen-bond acceptors (Lipinski definition) is 7. The molecule has 0 heterocycles. The van der Waals surface area contributed by atoms with Gasteiger partial charge in [-0.15, -0.1) is 0 Å². The number of ketones is 1. The van der Waals surface area contributed by atoms with E-state index in [4.69, 9.17) is 5.73 Å². The van der Waals surface area contributed by atoms with Crippen molar-refractivity contribution in [2.75, 3.05) is 14.1 Å². The van der Waals surface area contributed by atoms with E-state index < -0.39 is 41.6 Å². The summed E-state index contributed by atoms with van der Waals surface area (Å²) in [5.41, 5.74) is 7.68. The van der Waals surface area contributed by atoms with Crippen LogP contribution < -0.4 is 5.73 Å². The number of aliphatic hydroxyl groups excluding tert-OH is 2. The van der Waals surface area contributed by atoms with E-state index in [0.29, 0.717) is 19.3 Å². The number of phenolic OH excluding ortho intramolecular Hbond substituents is 1. The Morgan fingerprint density at radius 2 is 1.76 bits per heavy atom. The van der Waals surface area contributed by atoms with Gasteiger partial charge in [0.25, 0.3) is 0 Å². The maximum Gasteiger partial charge on any atom is 0.248 e. The summed E-state index contributed by atoms with van der Waals surface area (Å²) in [7, 11) is 3.41. The number of aliphatic hydroxyl groups is 3. The number of Topliss-reactive ketones (excluding diaryl/α,β-unsaturated/α-hetero) is 1. The molecule has 6 N–H and O–H groups in total. The normalized spacial score (nSPS) is 26.8. The van der Waals surface area contributed by atoms with Gasteiger partial charge >= 0.3 is 0 Å². The largest absolute Gasteiger partial charge is 0.510 e. The highest BCUT2D eigenvalue weighted by Gasteiger charge is 2.60. The topological polar surface area (TPSA) is 144 Å². The fraction of sp³-hybridized carbons (Fsp3) is 0.400. The number of nitrogens with two attached hydrogens (primary N) is 1. The van der Waals surface area contributed by atoms with Crippen molar-refractivity contribution in [3.63, 3.8) is 0 Å². The van der Waals surface area contributed by atoms with Crippen molar-refractivity contribution in [2.45, 2.75) is 50.7 Å². The summed E-state index contributed by atoms with van der Waals surface area (Å²) in [6.07, 6.45) is 1.73. The Morgan fingerprint density at radius 3 is 2.39 bits per heavy atom. The second-order valence-electron chi connectivity index (χ2n) is 11.2. The van der Waals surface area contributed by atoms with Crippen molar-refractivity contribution in [1.82, 2.24) is 4.90 Å². The summed E-state index contributed by atoms with van der Waals surface area (Å²) in [5.74, 6) is -3.42. The van der Waals surface area contributed by atoms with E-state index in [1.54, 1.807) is 19.0 Å². The van der Waals surface area contributed by atoms with Crippen LogP contribution in [0.5, 0.6) is 5.75 Å². The molecule has 8 nitrogen and oxygen atoms in total. The molecule has 0 aromatic heterocycles. The zero-order valence-corrected chi connectivity index (χ0v) is 21.9. The molecule has 0 saturated heterocycles. The maximum absolute atomic E-state index is 13.9. The molecule has 4 atom stereocenters. The van der Waals surface area contributed by atoms with Crippen molar-refractivity contribution in [1.29, 1.82) is 0 Å². The van der Waals surface area contributed by atoms with Crippen LogP contribution in [0.1, 0.15) is 40.7 Å². The second kappa shape index (κ2) is 9.29. The SMILES string of the molecule is Cc1ccc(CCc2ccc(O)c3c2CC2CC4C(N(C)C)C(O)=C(C(N)=O)CC4(O)C(=O)C2=C3O)cc1. The fourth-order valence-electron chi connectivity index (χ4n) is 6.67. The molecule has 200 valence electrons. The van der Waals surface area contributed by atoms with Crippen molar-refractivity contribution in [2.24, 2.45) is 17.6 Å². The van der Waals surface area contributed by atoms with Crippen LogP contribution >= 0.6 is 0 Å². The van der Waals surface area contributed by atoms with E-state index in [9.17, 15) is 30.0 Å². The summed E-state index contributed by atoms with van der Waals surface area (Å²) < 4.78 is 0. The van der Waals surface area contributed by atoms with Gasteiger partial charge in [0.15, 0.2) is 5.78 Å². The first-order valence-corrected chi connectivity index (χ1v) is 12.9. The highest BCUT2D eigenvalue weighted by molar-refractivity contribution is 6.10. The predicted molar refractivity (Wildman–Crippen MR) is 142 cm³/mol. The summed E-state index contributed by atoms with van der Waals surface area (Å²) in [5, 5.41) is 44.8. The smallest absolute Gasteiger partial charge is 0.248 e. The number of aromatic hydroxyl groups is 1. The molecule has 3 aliphatic carbocycles. The van der Waals surface area contributed by atoms with Crippen molar-refractivity contribution < 1.29 is 30.0 Å². The van der Waals surface area contributed by atoms with Gasteiger partial charge in [0.05, 0.1) is 17.2 Å². The molecule has 0 aliphatic heterocycles. The van der Waals surface area contributed by atoms with Crippen LogP contribution in [0.15, 0.2) is 53.3 Å². The number of nitrogens with zero attached hydrogens (tertiary/aromatic N) is 1. The number of amides is 1. The lowest BCUT2D eigenvalue weighted by molar-refractivity contribution is -0.151. The highest BCUT2D eigenvalue weighted by atomic mass is 16.3. The number of hydrogen-bond donors (Lipinski definition) is 5. The average Bonchev–Trinajstić information content (AvgIpc) is 2.85. The minimum atomic E-state index is -2.03. The standard InChI is InChI=1S/C30H34N2O6/c1-15-4-6-16(7-5-15)8-9-17-10-11-22(33)24-19(17)12-18-13-21-25(32(2)3)26(34)20(29(31)37)14-30(21,38)28(36)23(18)27(24)35/h4-7,10-11,18,21,25,33-35,38H,8-9,12-14H2,1-3H3,(H2,31,37). The Morgan fingerprint density at radius 1 is 1.08 bits per heavy atom. The molecule has 2 aromatic rings. The molecule has 8 heteroatoms. The minimum Gasteiger partial charge on any atom is -0.510 e. The van der Waals surface area contributed by atoms with Crippen LogP contribution in [0.4, 0.5) is 0 Å². The van der Waals surface area contributed by atoms with Gasteiger partial charge in [-0.2, -0.15) is 0 Å². The number of rotatable bonds is 5. The van der Waals surface area contributed by atoms with Crippen LogP contribution in [-0.4, -0.2) is 62.8 Å². The minimum absolute atomic E-state index is 0.0601. The third-order valence-electron chi connectivity index (χ3n) is 8.60. The lowest BCUT2D eigenvalue weighted by Gasteiger charge is -2.51. The van der Waals surface area contributed by atoms with E-state index in [1.165, 1.54) is 17.2 Å². The third-order valence-corrected chi connectivity index (χ3v) is 8.60. The van der Waals surface area contributed by atoms with E-state index in [0.717, 1.165) is 17.5 Å². The average molecular weight is 519 g/mol. The highest BCUT2D eigenvalue weighted by Crippen LogP contribution is 2.53. The number of carbonyl (C=O) groups is 2. The quantitative estimate of drug-likeness (QED) is 0.409. The maximum atomic E-state index is 13.9. The van der Waals surface area contributed by atoms with E-state index in [2.05, 4.69) is 24.3 Å². The van der Waals surface area contributed by atoms with Crippen LogP contribution in [0, 0.1) is 18.8 Å². The van der Waals surface area contributed by atoms with E-state index >= 15 is 0 Å². The lowest BCUT2D eigenvalue weighted by atomic mass is 9.57. The lowest BCUT2D eigenvalue weighted by Crippen LogP contribution is -2.62. The van der Waals surface area contributed by atoms with Gasteiger partial charge in [-0.3, -0.25) is 14.5 Å². The van der Waals surface area contributed by atoms with Gasteiger partial charge in [0.2, 0.25) is 5.91 Å². The Bertz CT molecular complexity index is 1390. The van der Waals surface area contributed by atoms with Gasteiger partial charge in [-0.1, -0.05) is 35.9 Å². The van der Waals surface area contributed by atoms with Gasteiger partial charge in [0, 0.05) is 17.9 Å². The molecule has 2 aromatic carbocycles. The monoisotopic (exact) mass is 518 g/mol. The van der Waals surface area contributed by atoms with Crippen LogP contribution in [0.3, 0.4) is 0 Å². The van der Waals surface area contributed by atoms with Gasteiger partial charge in [-0.05, 0) is 75.4 Å². The van der Waals surface area contributed by atoms with Crippen LogP contribution in [0.2, 0.25) is 0 Å². The summed E-state index contributed by atoms with van der Waals surface area (Å²) in [4.78, 5) is 27.7. The number of primary amides is 1. The Hall–Kier alpha value is -3.62. The van der Waals surface area contributed by atoms with Crippen molar-refractivity contribution >= 4 is 17.4 Å². The van der Waals surface area contributed by atoms with Crippen LogP contribution in [-0.2, 0) is 28.9 Å². The molecule has 1 fully saturated rings. The third kappa shape index (κ3) is 3.99. The number of phenols is 1. The van der Waals surface area contributed by atoms with Crippen molar-refractivity contribution in [3.8, 4) is 5.75 Å². The number of fused-ring (bicyclic) bond motifs is 3. The van der Waals surface area contributed by atoms with Gasteiger partial charge in [0.1, 0.15) is 22.9 Å². The summed E-state index contributed by atoms with van der Waals surface area (Å²) >= 11 is 0. The molecule has 4 unspecified atom stereocenters. The van der Waals surface area contributed by atoms with Crippen molar-refractivity contribution in [3.05, 3.63) is 81.1 Å². The molecular weight excluding hydrogens is 484 g/mol. The van der Waals surface area contributed by atoms with E-state index in [-0.39, 0.29) is 34.0 Å². The first-order chi connectivity index (χ1) is 17.9. The first kappa shape index (κ1) is 26.0. The molecule has 5 rings (SSSR count). The number of carbonyl (C=O) groups excluding carboxylic acids is 2. The number of likely N-dealkylation sites (N-methyl/N-ethyl adjacent to an activating group) is 1. The molecule has 38 heavy (non-hydrogen) atoms. The summed E-state index contributed by atoms with van der Waals surface area (Å²) in [6.45, 7) is 2.04.